The molecule has 4 heteroatoms. The first-order valence-corrected chi connectivity index (χ1v) is 4.62. The van der Waals surface area contributed by atoms with Gasteiger partial charge in [0.25, 0.3) is 0 Å². The molecule has 1 radical (unpaired) electrons. The molecule has 0 bridgehead atoms. The summed E-state index contributed by atoms with van der Waals surface area (Å²) in [5.41, 5.74) is 4.20. The highest BCUT2D eigenvalue weighted by Gasteiger charge is 1.97. The van der Waals surface area contributed by atoms with E-state index in [2.05, 4.69) is 33.2 Å². The second kappa shape index (κ2) is 4.11. The predicted octanol–water partition coefficient (Wildman–Crippen LogP) is 1.55. The van der Waals surface area contributed by atoms with Crippen LogP contribution in [0.1, 0.15) is 5.69 Å². The minimum atomic E-state index is 0.571. The second-order valence-electron chi connectivity index (χ2n) is 2.85. The predicted molar refractivity (Wildman–Crippen MR) is 59.0 cm³/mol. The zero-order chi connectivity index (χ0) is 9.80. The van der Waals surface area contributed by atoms with Gasteiger partial charge in [0.1, 0.15) is 5.49 Å². The van der Waals surface area contributed by atoms with E-state index in [1.54, 1.807) is 0 Å². The van der Waals surface area contributed by atoms with Crippen molar-refractivity contribution in [1.82, 2.24) is 15.5 Å². The molecule has 2 rings (SSSR count). The summed E-state index contributed by atoms with van der Waals surface area (Å²) in [7, 11) is 0. The number of aromatic nitrogens is 2. The summed E-state index contributed by atoms with van der Waals surface area (Å²) in [4.78, 5) is 0. The maximum atomic E-state index is 4.54. The van der Waals surface area contributed by atoms with Crippen molar-refractivity contribution in [2.24, 2.45) is 0 Å². The molecule has 0 aliphatic rings. The molecule has 1 aromatic carbocycles. The van der Waals surface area contributed by atoms with Crippen molar-refractivity contribution in [1.29, 1.82) is 0 Å². The fourth-order valence-corrected chi connectivity index (χ4v) is 1.31. The van der Waals surface area contributed by atoms with Crippen molar-refractivity contribution in [2.75, 3.05) is 0 Å². The quantitative estimate of drug-likeness (QED) is 0.605. The molecule has 1 heterocycles. The Bertz CT molecular complexity index is 456. The highest BCUT2D eigenvalue weighted by atomic mass is 32.1. The number of thiocarbonyl (C=S) groups is 1. The van der Waals surface area contributed by atoms with E-state index in [0.717, 1.165) is 16.6 Å². The third kappa shape index (κ3) is 1.85. The van der Waals surface area contributed by atoms with E-state index in [1.807, 2.05) is 30.3 Å². The normalized spacial score (nSPS) is 10.0. The van der Waals surface area contributed by atoms with Crippen molar-refractivity contribution >= 4 is 28.6 Å². The monoisotopic (exact) mass is 202 g/mol. The SMILES string of the molecule is S=[C]NCc1cc2ccccc2nn1. The minimum Gasteiger partial charge on any atom is -0.368 e. The zero-order valence-electron chi connectivity index (χ0n) is 7.40. The summed E-state index contributed by atoms with van der Waals surface area (Å²) in [5, 5.41) is 12.0. The minimum absolute atomic E-state index is 0.571. The van der Waals surface area contributed by atoms with Crippen LogP contribution in [0.25, 0.3) is 10.9 Å². The van der Waals surface area contributed by atoms with Gasteiger partial charge in [-0.25, -0.2) is 0 Å². The summed E-state index contributed by atoms with van der Waals surface area (Å²) in [6, 6.07) is 9.85. The molecule has 3 nitrogen and oxygen atoms in total. The molecule has 0 fully saturated rings. The Labute approximate surface area is 87.2 Å². The van der Waals surface area contributed by atoms with E-state index in [-0.39, 0.29) is 0 Å². The fourth-order valence-electron chi connectivity index (χ4n) is 1.24. The Hall–Kier alpha value is -1.55. The number of hydrogen-bond acceptors (Lipinski definition) is 3. The summed E-state index contributed by atoms with van der Waals surface area (Å²) >= 11 is 4.54. The van der Waals surface area contributed by atoms with Crippen LogP contribution in [-0.2, 0) is 6.54 Å². The van der Waals surface area contributed by atoms with Gasteiger partial charge in [0.2, 0.25) is 0 Å². The van der Waals surface area contributed by atoms with Crippen LogP contribution in [0.4, 0.5) is 0 Å². The van der Waals surface area contributed by atoms with Gasteiger partial charge in [-0.1, -0.05) is 30.4 Å². The molecule has 0 saturated heterocycles. The van der Waals surface area contributed by atoms with E-state index in [0.29, 0.717) is 6.54 Å². The van der Waals surface area contributed by atoms with Crippen molar-refractivity contribution in [2.45, 2.75) is 6.54 Å². The van der Waals surface area contributed by atoms with Crippen LogP contribution < -0.4 is 5.32 Å². The third-order valence-electron chi connectivity index (χ3n) is 1.89. The number of rotatable bonds is 3. The molecule has 0 amide bonds. The molecule has 0 saturated carbocycles. The zero-order valence-corrected chi connectivity index (χ0v) is 8.21. The molecule has 14 heavy (non-hydrogen) atoms. The van der Waals surface area contributed by atoms with Gasteiger partial charge in [-0.3, -0.25) is 0 Å². The lowest BCUT2D eigenvalue weighted by Crippen LogP contribution is -2.10. The number of nitrogens with zero attached hydrogens (tertiary/aromatic N) is 2. The largest absolute Gasteiger partial charge is 0.368 e. The molecule has 1 N–H and O–H groups in total. The van der Waals surface area contributed by atoms with Crippen LogP contribution in [0, 0.1) is 0 Å². The number of fused-ring (bicyclic) bond motifs is 1. The topological polar surface area (TPSA) is 37.8 Å². The van der Waals surface area contributed by atoms with E-state index < -0.39 is 0 Å². The van der Waals surface area contributed by atoms with Gasteiger partial charge in [-0.05, 0) is 12.1 Å². The molecule has 1 aromatic heterocycles. The van der Waals surface area contributed by atoms with Gasteiger partial charge < -0.3 is 5.32 Å². The number of hydrogen-bond donors (Lipinski definition) is 1. The molecule has 0 aliphatic carbocycles. The lowest BCUT2D eigenvalue weighted by Gasteiger charge is -2.00. The van der Waals surface area contributed by atoms with E-state index >= 15 is 0 Å². The first kappa shape index (κ1) is 9.02. The lowest BCUT2D eigenvalue weighted by molar-refractivity contribution is 0.858. The summed E-state index contributed by atoms with van der Waals surface area (Å²) in [6.07, 6.45) is 0. The molecular formula is C10H8N3S. The molecule has 0 atom stereocenters. The van der Waals surface area contributed by atoms with Gasteiger partial charge in [-0.15, -0.1) is 0 Å². The van der Waals surface area contributed by atoms with Gasteiger partial charge in [0, 0.05) is 5.39 Å². The van der Waals surface area contributed by atoms with Gasteiger partial charge in [-0.2, -0.15) is 10.2 Å². The van der Waals surface area contributed by atoms with E-state index in [4.69, 9.17) is 0 Å². The van der Waals surface area contributed by atoms with Crippen LogP contribution in [0.3, 0.4) is 0 Å². The molecular weight excluding hydrogens is 194 g/mol. The molecule has 2 aromatic rings. The highest BCUT2D eigenvalue weighted by molar-refractivity contribution is 7.78. The summed E-state index contributed by atoms with van der Waals surface area (Å²) in [5.74, 6) is 0. The first-order valence-electron chi connectivity index (χ1n) is 4.21. The van der Waals surface area contributed by atoms with E-state index in [9.17, 15) is 0 Å². The maximum Gasteiger partial charge on any atom is 0.134 e. The highest BCUT2D eigenvalue weighted by Crippen LogP contribution is 2.10. The van der Waals surface area contributed by atoms with E-state index in [1.165, 1.54) is 0 Å². The Morgan fingerprint density at radius 3 is 3.00 bits per heavy atom. The van der Waals surface area contributed by atoms with Crippen LogP contribution >= 0.6 is 12.2 Å². The molecule has 0 aliphatic heterocycles. The van der Waals surface area contributed by atoms with Crippen molar-refractivity contribution in [3.05, 3.63) is 36.0 Å². The number of benzene rings is 1. The Balaban J connectivity index is 2.36. The smallest absolute Gasteiger partial charge is 0.134 e. The van der Waals surface area contributed by atoms with Crippen LogP contribution in [0.2, 0.25) is 0 Å². The Morgan fingerprint density at radius 1 is 1.29 bits per heavy atom. The van der Waals surface area contributed by atoms with Crippen LogP contribution in [-0.4, -0.2) is 15.7 Å². The average Bonchev–Trinajstić information content (AvgIpc) is 2.26. The fraction of sp³-hybridized carbons (Fsp3) is 0.100. The van der Waals surface area contributed by atoms with Crippen molar-refractivity contribution < 1.29 is 0 Å². The Kier molecular flexibility index (Phi) is 2.65. The van der Waals surface area contributed by atoms with Gasteiger partial charge >= 0.3 is 0 Å². The standard InChI is InChI=1S/C10H8N3S/c14-7-11-6-9-5-8-3-1-2-4-10(8)13-12-9/h1-5H,6H2,(H,11,14). The van der Waals surface area contributed by atoms with Gasteiger partial charge in [0.15, 0.2) is 0 Å². The first-order chi connectivity index (χ1) is 6.90. The van der Waals surface area contributed by atoms with Crippen molar-refractivity contribution in [3.8, 4) is 0 Å². The lowest BCUT2D eigenvalue weighted by atomic mass is 10.2. The summed E-state index contributed by atoms with van der Waals surface area (Å²) in [6.45, 7) is 0.571. The Morgan fingerprint density at radius 2 is 2.14 bits per heavy atom. The van der Waals surface area contributed by atoms with Crippen molar-refractivity contribution in [3.63, 3.8) is 0 Å². The van der Waals surface area contributed by atoms with Gasteiger partial charge in [0.05, 0.1) is 17.8 Å². The third-order valence-corrected chi connectivity index (χ3v) is 2.03. The molecule has 0 unspecified atom stereocenters. The molecule has 0 spiro atoms. The summed E-state index contributed by atoms with van der Waals surface area (Å²) < 4.78 is 0. The van der Waals surface area contributed by atoms with Crippen LogP contribution in [0.5, 0.6) is 0 Å². The maximum absolute atomic E-state index is 4.54. The van der Waals surface area contributed by atoms with Crippen LogP contribution in [0.15, 0.2) is 30.3 Å². The number of nitrogens with one attached hydrogen (secondary N) is 1. The molecule has 69 valence electrons. The second-order valence-corrected chi connectivity index (χ2v) is 3.05. The average molecular weight is 202 g/mol.